The van der Waals surface area contributed by atoms with Gasteiger partial charge in [0.1, 0.15) is 11.1 Å². The zero-order chi connectivity index (χ0) is 21.4. The van der Waals surface area contributed by atoms with Crippen LogP contribution in [0.5, 0.6) is 0 Å². The van der Waals surface area contributed by atoms with E-state index in [1.165, 1.54) is 0 Å². The lowest BCUT2D eigenvalue weighted by molar-refractivity contribution is 0.0953. The van der Waals surface area contributed by atoms with E-state index >= 15 is 0 Å². The number of anilines is 1. The first-order chi connectivity index (χ1) is 15.0. The summed E-state index contributed by atoms with van der Waals surface area (Å²) in [5, 5.41) is 6.63. The minimum atomic E-state index is -0.423. The molecule has 0 spiro atoms. The number of amides is 1. The van der Waals surface area contributed by atoms with Gasteiger partial charge in [-0.1, -0.05) is 40.2 Å². The van der Waals surface area contributed by atoms with E-state index in [0.717, 1.165) is 15.4 Å². The molecule has 8 heteroatoms. The minimum Gasteiger partial charge on any atom is -0.451 e. The van der Waals surface area contributed by atoms with Crippen LogP contribution in [0.15, 0.2) is 86.1 Å². The van der Waals surface area contributed by atoms with Crippen molar-refractivity contribution in [3.8, 4) is 11.5 Å². The highest BCUT2D eigenvalue weighted by Gasteiger charge is 2.14. The molecule has 0 unspecified atom stereocenters. The number of nitrogens with zero attached hydrogens (tertiary/aromatic N) is 1. The molecule has 3 aromatic carbocycles. The number of aromatic nitrogens is 1. The van der Waals surface area contributed by atoms with Gasteiger partial charge >= 0.3 is 0 Å². The van der Waals surface area contributed by atoms with Gasteiger partial charge in [0.15, 0.2) is 16.5 Å². The minimum absolute atomic E-state index is 0.153. The first-order valence-electron chi connectivity index (χ1n) is 9.33. The monoisotopic (exact) mass is 491 g/mol. The lowest BCUT2D eigenvalue weighted by Gasteiger charge is -2.08. The largest absolute Gasteiger partial charge is 0.451 e. The van der Waals surface area contributed by atoms with Crippen molar-refractivity contribution in [2.75, 3.05) is 5.32 Å². The molecule has 2 N–H and O–H groups in total. The normalized spacial score (nSPS) is 11.0. The van der Waals surface area contributed by atoms with E-state index in [1.807, 2.05) is 42.5 Å². The molecule has 6 nitrogen and oxygen atoms in total. The molecule has 0 saturated heterocycles. The molecular formula is C23H14BrN3O3S. The molecule has 0 saturated carbocycles. The second-order valence-corrected chi connectivity index (χ2v) is 8.09. The summed E-state index contributed by atoms with van der Waals surface area (Å²) in [7, 11) is 0. The second kappa shape index (κ2) is 7.98. The summed E-state index contributed by atoms with van der Waals surface area (Å²) in [6.45, 7) is 0. The van der Waals surface area contributed by atoms with Crippen LogP contribution in [0.2, 0.25) is 0 Å². The SMILES string of the molecule is O=C(NC(=S)Nc1ccc2oc(-c3cccc(Br)c3)nc2c1)c1cc2ccccc2o1. The molecule has 0 aliphatic rings. The summed E-state index contributed by atoms with van der Waals surface area (Å²) in [5.41, 5.74) is 3.51. The number of furan rings is 1. The van der Waals surface area contributed by atoms with Crippen LogP contribution in [0.3, 0.4) is 0 Å². The quantitative estimate of drug-likeness (QED) is 0.295. The molecule has 2 aromatic heterocycles. The zero-order valence-corrected chi connectivity index (χ0v) is 18.3. The van der Waals surface area contributed by atoms with Crippen LogP contribution >= 0.6 is 28.1 Å². The zero-order valence-electron chi connectivity index (χ0n) is 15.9. The highest BCUT2D eigenvalue weighted by atomic mass is 79.9. The number of carbonyl (C=O) groups excluding carboxylic acids is 1. The summed E-state index contributed by atoms with van der Waals surface area (Å²) >= 11 is 8.73. The Balaban J connectivity index is 1.31. The molecule has 2 heterocycles. The van der Waals surface area contributed by atoms with E-state index in [4.69, 9.17) is 21.1 Å². The van der Waals surface area contributed by atoms with Crippen LogP contribution in [0.25, 0.3) is 33.5 Å². The Kier molecular flexibility index (Phi) is 5.01. The molecule has 1 amide bonds. The van der Waals surface area contributed by atoms with Gasteiger partial charge < -0.3 is 14.2 Å². The Morgan fingerprint density at radius 3 is 2.65 bits per heavy atom. The molecule has 0 atom stereocenters. The number of nitrogens with one attached hydrogen (secondary N) is 2. The third-order valence-corrected chi connectivity index (χ3v) is 5.29. The molecule has 0 aliphatic carbocycles. The van der Waals surface area contributed by atoms with Crippen molar-refractivity contribution in [2.45, 2.75) is 0 Å². The van der Waals surface area contributed by atoms with E-state index in [2.05, 4.69) is 31.5 Å². The molecule has 0 radical (unpaired) electrons. The third-order valence-electron chi connectivity index (χ3n) is 4.59. The Morgan fingerprint density at radius 2 is 1.81 bits per heavy atom. The molecule has 0 fully saturated rings. The number of rotatable bonds is 3. The first kappa shape index (κ1) is 19.5. The molecule has 152 valence electrons. The van der Waals surface area contributed by atoms with Crippen LogP contribution in [0.1, 0.15) is 10.6 Å². The molecule has 0 bridgehead atoms. The number of fused-ring (bicyclic) bond motifs is 2. The Hall–Kier alpha value is -3.49. The number of hydrogen-bond donors (Lipinski definition) is 2. The average molecular weight is 492 g/mol. The second-order valence-electron chi connectivity index (χ2n) is 6.77. The molecular weight excluding hydrogens is 478 g/mol. The first-order valence-corrected chi connectivity index (χ1v) is 10.5. The van der Waals surface area contributed by atoms with E-state index in [1.54, 1.807) is 30.3 Å². The van der Waals surface area contributed by atoms with E-state index in [0.29, 0.717) is 28.3 Å². The van der Waals surface area contributed by atoms with Crippen LogP contribution in [0, 0.1) is 0 Å². The number of oxazole rings is 1. The van der Waals surface area contributed by atoms with Crippen LogP contribution in [-0.2, 0) is 0 Å². The standard InChI is InChI=1S/C23H14BrN3O3S/c24-15-6-3-5-14(10-15)22-26-17-12-16(8-9-19(17)30-22)25-23(31)27-21(28)20-11-13-4-1-2-7-18(13)29-20/h1-12H,(H2,25,27,28,31). The van der Waals surface area contributed by atoms with E-state index < -0.39 is 5.91 Å². The fourth-order valence-electron chi connectivity index (χ4n) is 3.17. The lowest BCUT2D eigenvalue weighted by Crippen LogP contribution is -2.33. The number of hydrogen-bond acceptors (Lipinski definition) is 5. The lowest BCUT2D eigenvalue weighted by atomic mass is 10.2. The van der Waals surface area contributed by atoms with Crippen molar-refractivity contribution in [1.82, 2.24) is 10.3 Å². The van der Waals surface area contributed by atoms with Gasteiger partial charge in [0.25, 0.3) is 5.91 Å². The van der Waals surface area contributed by atoms with Gasteiger partial charge in [-0.25, -0.2) is 4.98 Å². The van der Waals surface area contributed by atoms with E-state index in [9.17, 15) is 4.79 Å². The highest BCUT2D eigenvalue weighted by Crippen LogP contribution is 2.28. The molecule has 5 rings (SSSR count). The smallest absolute Gasteiger partial charge is 0.293 e. The van der Waals surface area contributed by atoms with Crippen molar-refractivity contribution >= 4 is 66.9 Å². The van der Waals surface area contributed by atoms with Gasteiger partial charge in [0.2, 0.25) is 5.89 Å². The number of halogens is 1. The number of carbonyl (C=O) groups is 1. The summed E-state index contributed by atoms with van der Waals surface area (Å²) in [5.74, 6) is 0.290. The topological polar surface area (TPSA) is 80.3 Å². The Morgan fingerprint density at radius 1 is 0.935 bits per heavy atom. The molecule has 5 aromatic rings. The highest BCUT2D eigenvalue weighted by molar-refractivity contribution is 9.10. The maximum Gasteiger partial charge on any atom is 0.293 e. The van der Waals surface area contributed by atoms with Crippen molar-refractivity contribution in [2.24, 2.45) is 0 Å². The van der Waals surface area contributed by atoms with Gasteiger partial charge in [0, 0.05) is 21.1 Å². The molecule has 0 aliphatic heterocycles. The third kappa shape index (κ3) is 4.08. The summed E-state index contributed by atoms with van der Waals surface area (Å²) in [6.07, 6.45) is 0. The summed E-state index contributed by atoms with van der Waals surface area (Å²) < 4.78 is 12.4. The maximum absolute atomic E-state index is 12.5. The Bertz CT molecular complexity index is 1420. The fraction of sp³-hybridized carbons (Fsp3) is 0. The van der Waals surface area contributed by atoms with Gasteiger partial charge in [-0.2, -0.15) is 0 Å². The van der Waals surface area contributed by atoms with Crippen LogP contribution in [0.4, 0.5) is 5.69 Å². The van der Waals surface area contributed by atoms with Crippen molar-refractivity contribution in [1.29, 1.82) is 0 Å². The van der Waals surface area contributed by atoms with Crippen molar-refractivity contribution in [3.63, 3.8) is 0 Å². The van der Waals surface area contributed by atoms with E-state index in [-0.39, 0.29) is 10.9 Å². The summed E-state index contributed by atoms with van der Waals surface area (Å²) in [4.78, 5) is 17.0. The van der Waals surface area contributed by atoms with Crippen LogP contribution in [-0.4, -0.2) is 16.0 Å². The van der Waals surface area contributed by atoms with Crippen LogP contribution < -0.4 is 10.6 Å². The average Bonchev–Trinajstić information content (AvgIpc) is 3.37. The number of thiocarbonyl (C=S) groups is 1. The summed E-state index contributed by atoms with van der Waals surface area (Å²) in [6, 6.07) is 22.2. The van der Waals surface area contributed by atoms with Gasteiger partial charge in [-0.15, -0.1) is 0 Å². The predicted octanol–water partition coefficient (Wildman–Crippen LogP) is 6.13. The van der Waals surface area contributed by atoms with Crippen molar-refractivity contribution in [3.05, 3.63) is 83.0 Å². The fourth-order valence-corrected chi connectivity index (χ4v) is 3.78. The van der Waals surface area contributed by atoms with Crippen molar-refractivity contribution < 1.29 is 13.6 Å². The van der Waals surface area contributed by atoms with Gasteiger partial charge in [-0.3, -0.25) is 10.1 Å². The van der Waals surface area contributed by atoms with Gasteiger partial charge in [0.05, 0.1) is 0 Å². The number of benzene rings is 3. The maximum atomic E-state index is 12.5. The molecule has 31 heavy (non-hydrogen) atoms. The predicted molar refractivity (Wildman–Crippen MR) is 127 cm³/mol. The number of para-hydroxylation sites is 1. The Labute approximate surface area is 190 Å². The van der Waals surface area contributed by atoms with Gasteiger partial charge in [-0.05, 0) is 60.7 Å².